The summed E-state index contributed by atoms with van der Waals surface area (Å²) in [4.78, 5) is 25.4. The Morgan fingerprint density at radius 1 is 1.00 bits per heavy atom. The minimum absolute atomic E-state index is 0.156. The van der Waals surface area contributed by atoms with Crippen LogP contribution in [-0.2, 0) is 22.3 Å². The van der Waals surface area contributed by atoms with Crippen molar-refractivity contribution in [2.45, 2.75) is 12.7 Å². The summed E-state index contributed by atoms with van der Waals surface area (Å²) in [7, 11) is 4.35. The summed E-state index contributed by atoms with van der Waals surface area (Å²) < 4.78 is 48.7. The number of carbonyl (C=O) groups excluding carboxylic acids is 1. The maximum absolute atomic E-state index is 12.8. The first-order valence-corrected chi connectivity index (χ1v) is 10.7. The predicted octanol–water partition coefficient (Wildman–Crippen LogP) is 5.73. The Labute approximate surface area is 206 Å². The van der Waals surface area contributed by atoms with Gasteiger partial charge < -0.3 is 19.5 Å². The number of methoxy groups -OCH3 is 2. The molecule has 0 unspecified atom stereocenters. The highest BCUT2D eigenvalue weighted by Gasteiger charge is 2.30. The van der Waals surface area contributed by atoms with Crippen LogP contribution in [0.5, 0.6) is 5.75 Å². The molecule has 0 aliphatic rings. The van der Waals surface area contributed by atoms with Crippen molar-refractivity contribution in [1.82, 2.24) is 4.90 Å². The lowest BCUT2D eigenvalue weighted by atomic mass is 10.00. The summed E-state index contributed by atoms with van der Waals surface area (Å²) in [6, 6.07) is 16.7. The van der Waals surface area contributed by atoms with Crippen LogP contribution in [0.1, 0.15) is 27.0 Å². The lowest BCUT2D eigenvalue weighted by Gasteiger charge is -2.19. The Balaban J connectivity index is 1.81. The second kappa shape index (κ2) is 11.0. The van der Waals surface area contributed by atoms with Gasteiger partial charge in [0.05, 0.1) is 19.8 Å². The highest BCUT2D eigenvalue weighted by molar-refractivity contribution is 5.94. The zero-order valence-corrected chi connectivity index (χ0v) is 19.8. The number of aliphatic carboxylic acids is 1. The number of carbonyl (C=O) groups is 2. The minimum atomic E-state index is -4.47. The smallest absolute Gasteiger partial charge is 0.416 e. The molecule has 6 nitrogen and oxygen atoms in total. The Hall–Kier alpha value is -4.27. The van der Waals surface area contributed by atoms with Gasteiger partial charge in [-0.3, -0.25) is 4.79 Å². The van der Waals surface area contributed by atoms with Crippen LogP contribution < -0.4 is 4.74 Å². The van der Waals surface area contributed by atoms with Crippen LogP contribution in [0, 0.1) is 0 Å². The van der Waals surface area contributed by atoms with E-state index in [2.05, 4.69) is 0 Å². The van der Waals surface area contributed by atoms with Gasteiger partial charge in [0.15, 0.2) is 0 Å². The second-order valence-corrected chi connectivity index (χ2v) is 7.91. The summed E-state index contributed by atoms with van der Waals surface area (Å²) in [5, 5.41) is 9.15. The Morgan fingerprint density at radius 2 is 1.69 bits per heavy atom. The van der Waals surface area contributed by atoms with Crippen LogP contribution in [0.25, 0.3) is 17.2 Å². The lowest BCUT2D eigenvalue weighted by molar-refractivity contribution is -0.138. The lowest BCUT2D eigenvalue weighted by Crippen LogP contribution is -2.26. The Bertz CT molecular complexity index is 1280. The molecule has 1 amide bonds. The number of alkyl halides is 3. The van der Waals surface area contributed by atoms with Gasteiger partial charge in [0, 0.05) is 24.7 Å². The van der Waals surface area contributed by atoms with Crippen LogP contribution in [0.4, 0.5) is 13.2 Å². The second-order valence-electron chi connectivity index (χ2n) is 7.91. The molecule has 0 aliphatic carbocycles. The molecule has 3 rings (SSSR count). The molecule has 0 bridgehead atoms. The number of halogens is 3. The summed E-state index contributed by atoms with van der Waals surface area (Å²) in [6.45, 7) is 0.229. The topological polar surface area (TPSA) is 76.1 Å². The molecule has 0 atom stereocenters. The zero-order chi connectivity index (χ0) is 26.5. The van der Waals surface area contributed by atoms with E-state index in [0.717, 1.165) is 41.0 Å². The third-order valence-corrected chi connectivity index (χ3v) is 5.42. The largest absolute Gasteiger partial charge is 0.496 e. The fourth-order valence-corrected chi connectivity index (χ4v) is 3.60. The molecule has 0 saturated carbocycles. The molecule has 188 valence electrons. The standard InChI is InChI=1S/C27H24F3NO5/c1-31(25(32)19-8-10-21(11-9-19)27(28,29)30)16-18-5-4-6-20(13-18)22-12-7-17(14-23(22)35-2)15-24(36-3)26(33)34/h4-15H,16H2,1-3H3,(H,33,34). The highest BCUT2D eigenvalue weighted by Crippen LogP contribution is 2.33. The van der Waals surface area contributed by atoms with Crippen molar-refractivity contribution in [1.29, 1.82) is 0 Å². The predicted molar refractivity (Wildman–Crippen MR) is 128 cm³/mol. The molecular weight excluding hydrogens is 475 g/mol. The van der Waals surface area contributed by atoms with Crippen molar-refractivity contribution < 1.29 is 37.3 Å². The fourth-order valence-electron chi connectivity index (χ4n) is 3.60. The number of rotatable bonds is 8. The SMILES string of the molecule is COC(=Cc1ccc(-c2cccc(CN(C)C(=O)c3ccc(C(F)(F)F)cc3)c2)c(OC)c1)C(=O)O. The number of nitrogens with zero attached hydrogens (tertiary/aromatic N) is 1. The summed E-state index contributed by atoms with van der Waals surface area (Å²) in [6.07, 6.45) is -3.08. The van der Waals surface area contributed by atoms with E-state index >= 15 is 0 Å². The number of benzene rings is 3. The van der Waals surface area contributed by atoms with E-state index in [1.54, 1.807) is 25.2 Å². The first-order valence-electron chi connectivity index (χ1n) is 10.7. The quantitative estimate of drug-likeness (QED) is 0.317. The van der Waals surface area contributed by atoms with E-state index in [0.29, 0.717) is 11.3 Å². The number of carboxylic acid groups (broad SMARTS) is 1. The molecule has 3 aromatic rings. The van der Waals surface area contributed by atoms with Crippen molar-refractivity contribution in [2.75, 3.05) is 21.3 Å². The summed E-state index contributed by atoms with van der Waals surface area (Å²) in [5.41, 5.74) is 2.28. The molecule has 0 radical (unpaired) electrons. The maximum atomic E-state index is 12.8. The number of amides is 1. The molecule has 0 spiro atoms. The van der Waals surface area contributed by atoms with Gasteiger partial charge in [-0.2, -0.15) is 13.2 Å². The van der Waals surface area contributed by atoms with E-state index in [-0.39, 0.29) is 17.9 Å². The van der Waals surface area contributed by atoms with Crippen molar-refractivity contribution in [3.05, 3.63) is 94.7 Å². The molecule has 0 saturated heterocycles. The number of hydrogen-bond acceptors (Lipinski definition) is 4. The van der Waals surface area contributed by atoms with Crippen LogP contribution in [0.3, 0.4) is 0 Å². The maximum Gasteiger partial charge on any atom is 0.416 e. The Morgan fingerprint density at radius 3 is 2.28 bits per heavy atom. The molecule has 0 aromatic heterocycles. The number of carboxylic acids is 1. The first kappa shape index (κ1) is 26.3. The van der Waals surface area contributed by atoms with Crippen LogP contribution in [0.2, 0.25) is 0 Å². The van der Waals surface area contributed by atoms with Gasteiger partial charge in [-0.15, -0.1) is 0 Å². The van der Waals surface area contributed by atoms with Crippen molar-refractivity contribution in [2.24, 2.45) is 0 Å². The zero-order valence-electron chi connectivity index (χ0n) is 19.8. The molecule has 1 N–H and O–H groups in total. The molecule has 9 heteroatoms. The highest BCUT2D eigenvalue weighted by atomic mass is 19.4. The summed E-state index contributed by atoms with van der Waals surface area (Å²) in [5.74, 6) is -1.30. The first-order chi connectivity index (χ1) is 17.0. The third-order valence-electron chi connectivity index (χ3n) is 5.42. The van der Waals surface area contributed by atoms with Gasteiger partial charge in [-0.1, -0.05) is 30.3 Å². The monoisotopic (exact) mass is 499 g/mol. The molecule has 0 fully saturated rings. The number of ether oxygens (including phenoxy) is 2. The normalized spacial score (nSPS) is 11.7. The molecule has 0 aliphatic heterocycles. The average Bonchev–Trinajstić information content (AvgIpc) is 2.86. The average molecular weight is 499 g/mol. The molecular formula is C27H24F3NO5. The van der Waals surface area contributed by atoms with Gasteiger partial charge in [0.1, 0.15) is 5.75 Å². The van der Waals surface area contributed by atoms with Gasteiger partial charge in [0.25, 0.3) is 5.91 Å². The van der Waals surface area contributed by atoms with Crippen molar-refractivity contribution in [3.63, 3.8) is 0 Å². The van der Waals surface area contributed by atoms with Gasteiger partial charge in [-0.25, -0.2) is 4.79 Å². The molecule has 36 heavy (non-hydrogen) atoms. The van der Waals surface area contributed by atoms with E-state index in [9.17, 15) is 22.8 Å². The fraction of sp³-hybridized carbons (Fsp3) is 0.185. The summed E-state index contributed by atoms with van der Waals surface area (Å²) >= 11 is 0. The van der Waals surface area contributed by atoms with Crippen LogP contribution in [-0.4, -0.2) is 43.2 Å². The van der Waals surface area contributed by atoms with Gasteiger partial charge in [-0.05, 0) is 59.2 Å². The van der Waals surface area contributed by atoms with Gasteiger partial charge in [0.2, 0.25) is 5.76 Å². The third kappa shape index (κ3) is 6.24. The van der Waals surface area contributed by atoms with E-state index in [1.807, 2.05) is 24.3 Å². The van der Waals surface area contributed by atoms with E-state index < -0.39 is 23.6 Å². The van der Waals surface area contributed by atoms with Gasteiger partial charge >= 0.3 is 12.1 Å². The number of hydrogen-bond donors (Lipinski definition) is 1. The van der Waals surface area contributed by atoms with Crippen molar-refractivity contribution in [3.8, 4) is 16.9 Å². The molecule has 3 aromatic carbocycles. The van der Waals surface area contributed by atoms with E-state index in [4.69, 9.17) is 14.6 Å². The van der Waals surface area contributed by atoms with E-state index in [1.165, 1.54) is 25.2 Å². The van der Waals surface area contributed by atoms with Crippen LogP contribution in [0.15, 0.2) is 72.5 Å². The Kier molecular flexibility index (Phi) is 8.03. The molecule has 0 heterocycles. The van der Waals surface area contributed by atoms with Crippen LogP contribution >= 0.6 is 0 Å². The van der Waals surface area contributed by atoms with Crippen molar-refractivity contribution >= 4 is 18.0 Å². The minimum Gasteiger partial charge on any atom is -0.496 e.